The van der Waals surface area contributed by atoms with Crippen molar-refractivity contribution in [3.05, 3.63) is 11.8 Å². The van der Waals surface area contributed by atoms with Crippen LogP contribution in [0, 0.1) is 0 Å². The molecule has 1 aliphatic heterocycles. The summed E-state index contributed by atoms with van der Waals surface area (Å²) in [5.41, 5.74) is 6.74. The number of hydrogen-bond acceptors (Lipinski definition) is 3. The molecule has 0 aromatic carbocycles. The van der Waals surface area contributed by atoms with Gasteiger partial charge in [-0.2, -0.15) is 5.10 Å². The van der Waals surface area contributed by atoms with Crippen molar-refractivity contribution < 1.29 is 0 Å². The van der Waals surface area contributed by atoms with Gasteiger partial charge in [0.25, 0.3) is 0 Å². The van der Waals surface area contributed by atoms with Gasteiger partial charge >= 0.3 is 0 Å². The maximum atomic E-state index is 5.49. The molecule has 2 heterocycles. The summed E-state index contributed by atoms with van der Waals surface area (Å²) in [4.78, 5) is 0. The average Bonchev–Trinajstić information content (AvgIpc) is 2.50. The molecule has 0 aliphatic carbocycles. The van der Waals surface area contributed by atoms with Crippen molar-refractivity contribution >= 4 is 5.82 Å². The van der Waals surface area contributed by atoms with Gasteiger partial charge in [0, 0.05) is 18.7 Å². The van der Waals surface area contributed by atoms with Gasteiger partial charge in [0.05, 0.1) is 6.20 Å². The van der Waals surface area contributed by atoms with E-state index < -0.39 is 0 Å². The Hall–Kier alpha value is -1.03. The van der Waals surface area contributed by atoms with E-state index in [1.165, 1.54) is 11.4 Å². The van der Waals surface area contributed by atoms with Crippen LogP contribution >= 0.6 is 0 Å². The summed E-state index contributed by atoms with van der Waals surface area (Å²) in [6.45, 7) is 2.79. The van der Waals surface area contributed by atoms with Crippen LogP contribution in [0.5, 0.6) is 0 Å². The zero-order chi connectivity index (χ0) is 8.39. The largest absolute Gasteiger partial charge is 0.370 e. The first-order valence-corrected chi connectivity index (χ1v) is 4.40. The van der Waals surface area contributed by atoms with Crippen LogP contribution < -0.4 is 11.1 Å². The first kappa shape index (κ1) is 7.61. The fourth-order valence-electron chi connectivity index (χ4n) is 1.57. The molecule has 66 valence electrons. The van der Waals surface area contributed by atoms with Crippen molar-refractivity contribution in [3.63, 3.8) is 0 Å². The van der Waals surface area contributed by atoms with Crippen LogP contribution in [-0.2, 0) is 13.0 Å². The maximum absolute atomic E-state index is 5.49. The zero-order valence-corrected chi connectivity index (χ0v) is 7.08. The van der Waals surface area contributed by atoms with Crippen molar-refractivity contribution in [2.45, 2.75) is 19.4 Å². The van der Waals surface area contributed by atoms with Gasteiger partial charge in [0.15, 0.2) is 0 Å². The summed E-state index contributed by atoms with van der Waals surface area (Å²) in [6.07, 6.45) is 4.00. The summed E-state index contributed by atoms with van der Waals surface area (Å²) in [5, 5.41) is 7.61. The molecule has 0 fully saturated rings. The number of nitrogens with two attached hydrogens (primary N) is 1. The number of anilines is 1. The third-order valence-electron chi connectivity index (χ3n) is 2.17. The van der Waals surface area contributed by atoms with Crippen LogP contribution in [0.1, 0.15) is 12.0 Å². The second kappa shape index (κ2) is 3.15. The average molecular weight is 166 g/mol. The highest BCUT2D eigenvalue weighted by Gasteiger charge is 2.12. The molecule has 0 spiro atoms. The van der Waals surface area contributed by atoms with E-state index in [1.54, 1.807) is 0 Å². The maximum Gasteiger partial charge on any atom is 0.127 e. The molecule has 0 unspecified atom stereocenters. The first-order valence-electron chi connectivity index (χ1n) is 4.40. The lowest BCUT2D eigenvalue weighted by Gasteiger charge is -2.16. The van der Waals surface area contributed by atoms with Crippen LogP contribution in [-0.4, -0.2) is 22.9 Å². The fraction of sp³-hybridized carbons (Fsp3) is 0.625. The Labute approximate surface area is 71.7 Å². The van der Waals surface area contributed by atoms with E-state index in [1.807, 2.05) is 10.9 Å². The molecule has 0 radical (unpaired) electrons. The number of aromatic nitrogens is 2. The van der Waals surface area contributed by atoms with Gasteiger partial charge < -0.3 is 11.1 Å². The van der Waals surface area contributed by atoms with E-state index in [0.29, 0.717) is 6.54 Å². The van der Waals surface area contributed by atoms with Gasteiger partial charge in [-0.3, -0.25) is 0 Å². The molecule has 4 heteroatoms. The Morgan fingerprint density at radius 2 is 2.58 bits per heavy atom. The smallest absolute Gasteiger partial charge is 0.127 e. The number of nitrogens with one attached hydrogen (secondary N) is 1. The molecule has 12 heavy (non-hydrogen) atoms. The van der Waals surface area contributed by atoms with E-state index in [0.717, 1.165) is 25.9 Å². The van der Waals surface area contributed by atoms with Gasteiger partial charge in [-0.1, -0.05) is 0 Å². The predicted molar refractivity (Wildman–Crippen MR) is 48.1 cm³/mol. The first-order chi connectivity index (χ1) is 5.92. The highest BCUT2D eigenvalue weighted by atomic mass is 15.3. The minimum absolute atomic E-state index is 0.695. The van der Waals surface area contributed by atoms with Crippen LogP contribution in [0.2, 0.25) is 0 Å². The quantitative estimate of drug-likeness (QED) is 0.660. The second-order valence-electron chi connectivity index (χ2n) is 3.06. The number of rotatable bonds is 2. The molecule has 0 saturated heterocycles. The van der Waals surface area contributed by atoms with Crippen LogP contribution in [0.15, 0.2) is 6.20 Å². The molecule has 0 saturated carbocycles. The van der Waals surface area contributed by atoms with Crippen molar-refractivity contribution in [3.8, 4) is 0 Å². The molecule has 1 aromatic heterocycles. The summed E-state index contributed by atoms with van der Waals surface area (Å²) in [5.74, 6) is 1.17. The number of nitrogens with zero attached hydrogens (tertiary/aromatic N) is 2. The number of aryl methyl sites for hydroxylation is 1. The van der Waals surface area contributed by atoms with Gasteiger partial charge in [-0.25, -0.2) is 4.68 Å². The SMILES string of the molecule is NCCc1cnn2c1NCCC2. The Balaban J connectivity index is 2.25. The standard InChI is InChI=1S/C8H14N4/c9-3-2-7-6-11-12-5-1-4-10-8(7)12/h6,10H,1-5,9H2. The van der Waals surface area contributed by atoms with E-state index in [9.17, 15) is 0 Å². The molecule has 2 rings (SSSR count). The minimum atomic E-state index is 0.695. The highest BCUT2D eigenvalue weighted by molar-refractivity contribution is 5.45. The number of fused-ring (bicyclic) bond motifs is 1. The lowest BCUT2D eigenvalue weighted by atomic mass is 10.2. The highest BCUT2D eigenvalue weighted by Crippen LogP contribution is 2.18. The van der Waals surface area contributed by atoms with Crippen molar-refractivity contribution in [1.82, 2.24) is 9.78 Å². The predicted octanol–water partition coefficient (Wildman–Crippen LogP) is 0.200. The molecule has 1 aliphatic rings. The minimum Gasteiger partial charge on any atom is -0.370 e. The topological polar surface area (TPSA) is 55.9 Å². The van der Waals surface area contributed by atoms with Crippen molar-refractivity contribution in [2.24, 2.45) is 5.73 Å². The Bertz CT molecular complexity index is 266. The van der Waals surface area contributed by atoms with Crippen LogP contribution in [0.4, 0.5) is 5.82 Å². The van der Waals surface area contributed by atoms with Crippen LogP contribution in [0.25, 0.3) is 0 Å². The van der Waals surface area contributed by atoms with E-state index >= 15 is 0 Å². The second-order valence-corrected chi connectivity index (χ2v) is 3.06. The fourth-order valence-corrected chi connectivity index (χ4v) is 1.57. The molecule has 1 aromatic rings. The monoisotopic (exact) mass is 166 g/mol. The molecular weight excluding hydrogens is 152 g/mol. The molecule has 0 atom stereocenters. The lowest BCUT2D eigenvalue weighted by Crippen LogP contribution is -2.18. The van der Waals surface area contributed by atoms with E-state index in [-0.39, 0.29) is 0 Å². The van der Waals surface area contributed by atoms with Crippen molar-refractivity contribution in [1.29, 1.82) is 0 Å². The summed E-state index contributed by atoms with van der Waals surface area (Å²) in [6, 6.07) is 0. The van der Waals surface area contributed by atoms with E-state index in [2.05, 4.69) is 10.4 Å². The van der Waals surface area contributed by atoms with Crippen molar-refractivity contribution in [2.75, 3.05) is 18.4 Å². The zero-order valence-electron chi connectivity index (χ0n) is 7.08. The summed E-state index contributed by atoms with van der Waals surface area (Å²) < 4.78 is 2.02. The van der Waals surface area contributed by atoms with Gasteiger partial charge in [0.2, 0.25) is 0 Å². The lowest BCUT2D eigenvalue weighted by molar-refractivity contribution is 0.567. The normalized spacial score (nSPS) is 15.4. The molecular formula is C8H14N4. The third kappa shape index (κ3) is 1.18. The van der Waals surface area contributed by atoms with E-state index in [4.69, 9.17) is 5.73 Å². The van der Waals surface area contributed by atoms with Gasteiger partial charge in [0.1, 0.15) is 5.82 Å². The third-order valence-corrected chi connectivity index (χ3v) is 2.17. The number of hydrogen-bond donors (Lipinski definition) is 2. The van der Waals surface area contributed by atoms with Crippen LogP contribution in [0.3, 0.4) is 0 Å². The molecule has 4 nitrogen and oxygen atoms in total. The molecule has 0 amide bonds. The van der Waals surface area contributed by atoms with Gasteiger partial charge in [-0.05, 0) is 19.4 Å². The molecule has 3 N–H and O–H groups in total. The summed E-state index contributed by atoms with van der Waals surface area (Å²) in [7, 11) is 0. The van der Waals surface area contributed by atoms with Gasteiger partial charge in [-0.15, -0.1) is 0 Å². The Kier molecular flexibility index (Phi) is 1.99. The summed E-state index contributed by atoms with van der Waals surface area (Å²) >= 11 is 0. The Morgan fingerprint density at radius 3 is 3.42 bits per heavy atom. The Morgan fingerprint density at radius 1 is 1.67 bits per heavy atom. The molecule has 0 bridgehead atoms.